The molecule has 0 saturated carbocycles. The third-order valence-corrected chi connectivity index (χ3v) is 2.85. The molecule has 0 radical (unpaired) electrons. The number of nitrogens with zero attached hydrogens (tertiary/aromatic N) is 2. The smallest absolute Gasteiger partial charge is 0.257 e. The number of pyridine rings is 1. The Hall–Kier alpha value is -2.69. The number of fused-ring (bicyclic) bond motifs is 1. The van der Waals surface area contributed by atoms with Crippen molar-refractivity contribution < 1.29 is 4.79 Å². The van der Waals surface area contributed by atoms with Crippen LogP contribution in [0.25, 0.3) is 11.0 Å². The molecule has 0 aliphatic rings. The number of para-hydroxylation sites is 1. The van der Waals surface area contributed by atoms with Crippen LogP contribution in [0.4, 0.5) is 5.69 Å². The number of aromatic nitrogens is 3. The van der Waals surface area contributed by atoms with E-state index in [0.29, 0.717) is 11.1 Å². The number of carbonyl (C=O) groups excluding carboxylic acids is 1. The monoisotopic (exact) mass is 252 g/mol. The van der Waals surface area contributed by atoms with Gasteiger partial charge in [-0.05, 0) is 31.2 Å². The minimum Gasteiger partial charge on any atom is -0.345 e. The lowest BCUT2D eigenvalue weighted by molar-refractivity contribution is 0.102. The van der Waals surface area contributed by atoms with Gasteiger partial charge in [-0.25, -0.2) is 4.98 Å². The second-order valence-electron chi connectivity index (χ2n) is 4.24. The van der Waals surface area contributed by atoms with Gasteiger partial charge in [0.25, 0.3) is 5.91 Å². The summed E-state index contributed by atoms with van der Waals surface area (Å²) in [5.74, 6) is -0.177. The van der Waals surface area contributed by atoms with Crippen LogP contribution >= 0.6 is 0 Å². The van der Waals surface area contributed by atoms with Crippen molar-refractivity contribution in [3.63, 3.8) is 0 Å². The average Bonchev–Trinajstić information content (AvgIpc) is 2.86. The third kappa shape index (κ3) is 2.18. The van der Waals surface area contributed by atoms with E-state index in [0.717, 1.165) is 16.9 Å². The number of nitrogens with one attached hydrogen (secondary N) is 2. The number of imidazole rings is 1. The summed E-state index contributed by atoms with van der Waals surface area (Å²) in [5, 5.41) is 2.85. The van der Waals surface area contributed by atoms with Crippen molar-refractivity contribution >= 4 is 22.6 Å². The van der Waals surface area contributed by atoms with E-state index < -0.39 is 0 Å². The van der Waals surface area contributed by atoms with Gasteiger partial charge in [0.1, 0.15) is 5.52 Å². The molecule has 2 N–H and O–H groups in total. The van der Waals surface area contributed by atoms with Gasteiger partial charge in [0.05, 0.1) is 17.4 Å². The maximum atomic E-state index is 12.3. The molecular formula is C14H12N4O. The van der Waals surface area contributed by atoms with Crippen molar-refractivity contribution in [1.29, 1.82) is 0 Å². The summed E-state index contributed by atoms with van der Waals surface area (Å²) in [5.41, 5.74) is 3.65. The van der Waals surface area contributed by atoms with E-state index in [9.17, 15) is 4.79 Å². The van der Waals surface area contributed by atoms with Gasteiger partial charge in [-0.1, -0.05) is 6.07 Å². The van der Waals surface area contributed by atoms with Gasteiger partial charge in [-0.2, -0.15) is 0 Å². The summed E-state index contributed by atoms with van der Waals surface area (Å²) in [6.45, 7) is 1.88. The number of aromatic amines is 1. The SMILES string of the molecule is Cc1cc(NC(=O)c2cccc3[nH]cnc23)ccn1. The molecular weight excluding hydrogens is 240 g/mol. The van der Waals surface area contributed by atoms with E-state index in [4.69, 9.17) is 0 Å². The largest absolute Gasteiger partial charge is 0.345 e. The van der Waals surface area contributed by atoms with Crippen molar-refractivity contribution in [2.45, 2.75) is 6.92 Å². The van der Waals surface area contributed by atoms with Crippen LogP contribution in [0.2, 0.25) is 0 Å². The van der Waals surface area contributed by atoms with Gasteiger partial charge >= 0.3 is 0 Å². The van der Waals surface area contributed by atoms with Gasteiger partial charge in [-0.3, -0.25) is 9.78 Å². The molecule has 0 atom stereocenters. The van der Waals surface area contributed by atoms with Crippen LogP contribution in [-0.2, 0) is 0 Å². The highest BCUT2D eigenvalue weighted by molar-refractivity contribution is 6.11. The summed E-state index contributed by atoms with van der Waals surface area (Å²) in [7, 11) is 0. The van der Waals surface area contributed by atoms with Gasteiger partial charge in [0, 0.05) is 17.6 Å². The standard InChI is InChI=1S/C14H12N4O/c1-9-7-10(5-6-15-9)18-14(19)11-3-2-4-12-13(11)17-8-16-12/h2-8H,1H3,(H,16,17)(H,15,18,19). The normalized spacial score (nSPS) is 10.6. The first-order valence-corrected chi connectivity index (χ1v) is 5.90. The molecule has 0 saturated heterocycles. The first-order valence-electron chi connectivity index (χ1n) is 5.90. The molecule has 94 valence electrons. The van der Waals surface area contributed by atoms with Crippen molar-refractivity contribution in [3.05, 3.63) is 54.1 Å². The Morgan fingerprint density at radius 2 is 2.16 bits per heavy atom. The third-order valence-electron chi connectivity index (χ3n) is 2.85. The molecule has 1 amide bonds. The van der Waals surface area contributed by atoms with E-state index in [2.05, 4.69) is 20.3 Å². The topological polar surface area (TPSA) is 70.7 Å². The number of hydrogen-bond acceptors (Lipinski definition) is 3. The minimum absolute atomic E-state index is 0.177. The Kier molecular flexibility index (Phi) is 2.72. The fraction of sp³-hybridized carbons (Fsp3) is 0.0714. The molecule has 5 heteroatoms. The fourth-order valence-electron chi connectivity index (χ4n) is 1.97. The van der Waals surface area contributed by atoms with Crippen LogP contribution in [0, 0.1) is 6.92 Å². The Morgan fingerprint density at radius 3 is 3.00 bits per heavy atom. The van der Waals surface area contributed by atoms with Crippen LogP contribution in [0.1, 0.15) is 16.1 Å². The summed E-state index contributed by atoms with van der Waals surface area (Å²) in [6, 6.07) is 9.05. The van der Waals surface area contributed by atoms with Crippen LogP contribution < -0.4 is 5.32 Å². The predicted octanol–water partition coefficient (Wildman–Crippen LogP) is 2.52. The Bertz CT molecular complexity index is 748. The number of aryl methyl sites for hydroxylation is 1. The maximum absolute atomic E-state index is 12.3. The van der Waals surface area contributed by atoms with E-state index in [1.807, 2.05) is 25.1 Å². The molecule has 3 aromatic rings. The van der Waals surface area contributed by atoms with Crippen molar-refractivity contribution in [2.24, 2.45) is 0 Å². The quantitative estimate of drug-likeness (QED) is 0.736. The van der Waals surface area contributed by atoms with Crippen LogP contribution in [0.5, 0.6) is 0 Å². The maximum Gasteiger partial charge on any atom is 0.257 e. The first kappa shape index (κ1) is 11.4. The number of rotatable bonds is 2. The molecule has 5 nitrogen and oxygen atoms in total. The first-order chi connectivity index (χ1) is 9.24. The lowest BCUT2D eigenvalue weighted by Crippen LogP contribution is -2.12. The molecule has 19 heavy (non-hydrogen) atoms. The number of benzene rings is 1. The Labute approximate surface area is 109 Å². The summed E-state index contributed by atoms with van der Waals surface area (Å²) in [4.78, 5) is 23.5. The van der Waals surface area contributed by atoms with Crippen molar-refractivity contribution in [2.75, 3.05) is 5.32 Å². The molecule has 2 heterocycles. The average molecular weight is 252 g/mol. The van der Waals surface area contributed by atoms with E-state index in [-0.39, 0.29) is 5.91 Å². The second-order valence-corrected chi connectivity index (χ2v) is 4.24. The van der Waals surface area contributed by atoms with Gasteiger partial charge < -0.3 is 10.3 Å². The zero-order valence-electron chi connectivity index (χ0n) is 10.3. The zero-order valence-corrected chi connectivity index (χ0v) is 10.3. The molecule has 0 fully saturated rings. The predicted molar refractivity (Wildman–Crippen MR) is 73.0 cm³/mol. The molecule has 3 rings (SSSR count). The van der Waals surface area contributed by atoms with Crippen LogP contribution in [0.3, 0.4) is 0 Å². The summed E-state index contributed by atoms with van der Waals surface area (Å²) in [6.07, 6.45) is 3.25. The van der Waals surface area contributed by atoms with E-state index >= 15 is 0 Å². The minimum atomic E-state index is -0.177. The zero-order chi connectivity index (χ0) is 13.2. The second kappa shape index (κ2) is 4.53. The lowest BCUT2D eigenvalue weighted by atomic mass is 10.1. The van der Waals surface area contributed by atoms with Gasteiger partial charge in [-0.15, -0.1) is 0 Å². The van der Waals surface area contributed by atoms with Crippen LogP contribution in [0.15, 0.2) is 42.9 Å². The van der Waals surface area contributed by atoms with Crippen molar-refractivity contribution in [1.82, 2.24) is 15.0 Å². The molecule has 2 aromatic heterocycles. The number of carbonyl (C=O) groups is 1. The highest BCUT2D eigenvalue weighted by atomic mass is 16.1. The van der Waals surface area contributed by atoms with E-state index in [1.54, 1.807) is 24.7 Å². The Balaban J connectivity index is 1.94. The molecule has 0 bridgehead atoms. The van der Waals surface area contributed by atoms with Gasteiger partial charge in [0.15, 0.2) is 0 Å². The molecule has 0 unspecified atom stereocenters. The number of H-pyrrole nitrogens is 1. The summed E-state index contributed by atoms with van der Waals surface area (Å²) < 4.78 is 0. The van der Waals surface area contributed by atoms with Crippen molar-refractivity contribution in [3.8, 4) is 0 Å². The lowest BCUT2D eigenvalue weighted by Gasteiger charge is -2.06. The number of amides is 1. The fourth-order valence-corrected chi connectivity index (χ4v) is 1.97. The molecule has 1 aromatic carbocycles. The van der Waals surface area contributed by atoms with Gasteiger partial charge in [0.2, 0.25) is 0 Å². The highest BCUT2D eigenvalue weighted by Crippen LogP contribution is 2.16. The highest BCUT2D eigenvalue weighted by Gasteiger charge is 2.11. The molecule has 0 spiro atoms. The molecule has 0 aliphatic carbocycles. The van der Waals surface area contributed by atoms with Crippen LogP contribution in [-0.4, -0.2) is 20.9 Å². The van der Waals surface area contributed by atoms with E-state index in [1.165, 1.54) is 0 Å². The summed E-state index contributed by atoms with van der Waals surface area (Å²) >= 11 is 0. The Morgan fingerprint density at radius 1 is 1.26 bits per heavy atom. The number of hydrogen-bond donors (Lipinski definition) is 2. The molecule has 0 aliphatic heterocycles. The number of anilines is 1.